The number of likely N-dealkylation sites (N-methyl/N-ethyl adjacent to an activating group) is 1. The molecule has 13 atom stereocenters. The minimum Gasteiger partial charge on any atom is -0.569 e. The number of esters is 2. The van der Waals surface area contributed by atoms with Crippen molar-refractivity contribution in [3.8, 4) is 5.75 Å². The van der Waals surface area contributed by atoms with E-state index in [1.54, 1.807) is 0 Å². The van der Waals surface area contributed by atoms with Crippen molar-refractivity contribution in [1.29, 1.82) is 0 Å². The third kappa shape index (κ3) is 9.56. The molecule has 7 rings (SSSR count). The van der Waals surface area contributed by atoms with E-state index in [-0.39, 0.29) is 88.2 Å². The molecule has 1 aromatic carbocycles. The Kier molecular flexibility index (Phi) is 15.2. The van der Waals surface area contributed by atoms with Gasteiger partial charge in [0.1, 0.15) is 42.3 Å². The maximum absolute atomic E-state index is 14.6. The summed E-state index contributed by atoms with van der Waals surface area (Å²) in [5.41, 5.74) is -2.09. The number of nitrogens with zero attached hydrogens (tertiary/aromatic N) is 5. The Hall–Kier alpha value is -4.74. The zero-order valence-electron chi connectivity index (χ0n) is 42.2. The van der Waals surface area contributed by atoms with E-state index in [9.17, 15) is 55.5 Å². The molecule has 6 N–H and O–H groups in total. The van der Waals surface area contributed by atoms with Crippen molar-refractivity contribution in [3.63, 3.8) is 0 Å². The minimum absolute atomic E-state index is 0.00847. The van der Waals surface area contributed by atoms with Crippen LogP contribution in [0, 0.1) is 75.7 Å². The lowest BCUT2D eigenvalue weighted by molar-refractivity contribution is -0.701. The van der Waals surface area contributed by atoms with Gasteiger partial charge in [-0.15, -0.1) is 5.01 Å². The molecule has 6 aliphatic rings. The summed E-state index contributed by atoms with van der Waals surface area (Å²) >= 11 is 0. The third-order valence-electron chi connectivity index (χ3n) is 18.6. The van der Waals surface area contributed by atoms with Crippen LogP contribution in [0.5, 0.6) is 5.75 Å². The van der Waals surface area contributed by atoms with Crippen LogP contribution in [0.1, 0.15) is 126 Å². The fraction of sp³-hybridized carbons (Fsp3) is 0.796. The highest BCUT2D eigenvalue weighted by atomic mass is 16.7. The summed E-state index contributed by atoms with van der Waals surface area (Å²) in [6.45, 7) is 15.1. The van der Waals surface area contributed by atoms with Crippen LogP contribution in [0.15, 0.2) is 29.1 Å². The number of aliphatic hydroxyl groups is 5. The zero-order valence-corrected chi connectivity index (χ0v) is 42.2. The fourth-order valence-electron chi connectivity index (χ4n) is 14.3. The van der Waals surface area contributed by atoms with Gasteiger partial charge >= 0.3 is 17.6 Å². The predicted molar refractivity (Wildman–Crippen MR) is 253 cm³/mol. The van der Waals surface area contributed by atoms with E-state index >= 15 is 0 Å². The number of anilines is 1. The van der Waals surface area contributed by atoms with E-state index in [0.29, 0.717) is 31.2 Å². The van der Waals surface area contributed by atoms with Crippen LogP contribution in [0.3, 0.4) is 0 Å². The Balaban J connectivity index is 1.03. The lowest BCUT2D eigenvalue weighted by atomic mass is 9.33. The van der Waals surface area contributed by atoms with Gasteiger partial charge in [-0.2, -0.15) is 0 Å². The molecule has 0 spiro atoms. The van der Waals surface area contributed by atoms with E-state index in [1.165, 1.54) is 12.6 Å². The van der Waals surface area contributed by atoms with E-state index in [1.807, 2.05) is 0 Å². The number of hydrogen-bond acceptors (Lipinski definition) is 18. The summed E-state index contributed by atoms with van der Waals surface area (Å²) in [5.74, 6) is -1.06. The van der Waals surface area contributed by atoms with Crippen LogP contribution in [0.25, 0.3) is 0 Å². The van der Waals surface area contributed by atoms with Gasteiger partial charge in [-0.05, 0) is 110 Å². The average Bonchev–Trinajstić information content (AvgIpc) is 3.30. The van der Waals surface area contributed by atoms with Crippen molar-refractivity contribution in [2.24, 2.45) is 55.5 Å². The number of ether oxygens (including phenoxy) is 3. The molecular formula is C49H74N6O16. The summed E-state index contributed by atoms with van der Waals surface area (Å²) in [6, 6.07) is 1.68. The molecule has 4 saturated carbocycles. The van der Waals surface area contributed by atoms with Gasteiger partial charge in [0.25, 0.3) is 5.69 Å². The van der Waals surface area contributed by atoms with Gasteiger partial charge in [0, 0.05) is 24.4 Å². The highest BCUT2D eigenvalue weighted by Crippen LogP contribution is 2.76. The van der Waals surface area contributed by atoms with Crippen LogP contribution < -0.4 is 10.2 Å². The summed E-state index contributed by atoms with van der Waals surface area (Å²) in [5, 5.41) is 93.5. The molecule has 1 saturated heterocycles. The summed E-state index contributed by atoms with van der Waals surface area (Å²) < 4.78 is 17.9. The molecule has 0 unspecified atom stereocenters. The van der Waals surface area contributed by atoms with Crippen molar-refractivity contribution in [2.75, 3.05) is 38.7 Å². The van der Waals surface area contributed by atoms with E-state index < -0.39 is 81.6 Å². The van der Waals surface area contributed by atoms with Gasteiger partial charge in [0.05, 0.1) is 47.0 Å². The number of fused-ring (bicyclic) bond motifs is 7. The second-order valence-corrected chi connectivity index (χ2v) is 23.2. The monoisotopic (exact) mass is 1000 g/mol. The molecule has 0 amide bonds. The molecule has 5 aliphatic carbocycles. The van der Waals surface area contributed by atoms with E-state index in [4.69, 9.17) is 24.2 Å². The lowest BCUT2D eigenvalue weighted by Gasteiger charge is -2.71. The highest BCUT2D eigenvalue weighted by molar-refractivity contribution is 5.79. The van der Waals surface area contributed by atoms with Gasteiger partial charge in [0.15, 0.2) is 0 Å². The van der Waals surface area contributed by atoms with Gasteiger partial charge in [0.2, 0.25) is 17.3 Å². The molecule has 22 nitrogen and oxygen atoms in total. The molecule has 0 aromatic heterocycles. The molecule has 1 aliphatic heterocycles. The molecule has 1 aromatic rings. The van der Waals surface area contributed by atoms with Crippen LogP contribution in [-0.4, -0.2) is 127 Å². The number of nitrogens with one attached hydrogen (secondary N) is 1. The second-order valence-electron chi connectivity index (χ2n) is 23.2. The Morgan fingerprint density at radius 3 is 2.23 bits per heavy atom. The zero-order chi connectivity index (χ0) is 52.2. The topological polar surface area (TPSA) is 312 Å². The summed E-state index contributed by atoms with van der Waals surface area (Å²) in [6.07, 6.45) is 2.24. The van der Waals surface area contributed by atoms with Crippen molar-refractivity contribution >= 4 is 29.0 Å². The quantitative estimate of drug-likeness (QED) is 0.0215. The smallest absolute Gasteiger partial charge is 0.321 e. The SMILES string of the molecule is CN(CCO)/[N+]([O-])=N/Oc1cc(NCCCC(=O)O[C@H]2CC[C@]3(C)[C@H]4CC=C5[C@@H]6CC(C)(C)CC[C@]6(C(=O)O[C@@H]6O[C@H](CO)[C@H](O)[C@H](O)[C@H]6O)CC[C@@]5(C)[C@]4(C)CC[C@H]3C2(C)C)c([N+](=O)[O-])cc1[N+](=O)[O-]. The summed E-state index contributed by atoms with van der Waals surface area (Å²) in [4.78, 5) is 55.1. The van der Waals surface area contributed by atoms with Gasteiger partial charge in [-0.3, -0.25) is 34.7 Å². The first-order valence-corrected chi connectivity index (χ1v) is 25.0. The Labute approximate surface area is 413 Å². The largest absolute Gasteiger partial charge is 0.569 e. The second kappa shape index (κ2) is 19.9. The van der Waals surface area contributed by atoms with Gasteiger partial charge in [-0.1, -0.05) is 60.1 Å². The number of hydrazine groups is 1. The number of carbonyl (C=O) groups is 2. The summed E-state index contributed by atoms with van der Waals surface area (Å²) in [7, 11) is 1.30. The first-order valence-electron chi connectivity index (χ1n) is 25.0. The number of carbonyl (C=O) groups excluding carboxylic acids is 2. The van der Waals surface area contributed by atoms with Crippen molar-refractivity contribution in [1.82, 2.24) is 5.01 Å². The number of rotatable bonds is 16. The number of aliphatic hydroxyl groups excluding tert-OH is 5. The fourth-order valence-corrected chi connectivity index (χ4v) is 14.3. The number of hydrogen-bond donors (Lipinski definition) is 6. The highest BCUT2D eigenvalue weighted by Gasteiger charge is 2.70. The number of allylic oxidation sites excluding steroid dienone is 2. The lowest BCUT2D eigenvalue weighted by Crippen LogP contribution is -2.65. The predicted octanol–water partition coefficient (Wildman–Crippen LogP) is 5.85. The standard InChI is InChI=1S/C49H74N6O16/c1-44(2)17-19-49(43(62)70-42-41(61)40(60)39(59)34(27-57)68-42)20-18-47(6)28(29(49)26-44)11-12-36-46(5)15-14-37(45(3,4)35(46)13-16-48(36,47)7)69-38(58)10-9-21-50-30-24-33(71-51-55(67)52(8)22-23-56)32(54(65)66)25-31(30)53(63)64/h11,24-25,29,34-37,39-42,50,56-57,59-61H,9-10,12-23,26-27H2,1-8H3/b55-51-/t29-,34+,35-,36+,37-,39-,40-,41+,42-,46-,47+,48+,49-/m0/s1. The van der Waals surface area contributed by atoms with Crippen molar-refractivity contribution in [2.45, 2.75) is 162 Å². The Bertz CT molecular complexity index is 2280. The number of nitro groups is 2. The molecule has 1 heterocycles. The van der Waals surface area contributed by atoms with E-state index in [2.05, 4.69) is 65.1 Å². The molecule has 22 heteroatoms. The molecule has 71 heavy (non-hydrogen) atoms. The van der Waals surface area contributed by atoms with Crippen LogP contribution in [-0.2, 0) is 23.8 Å². The maximum Gasteiger partial charge on any atom is 0.321 e. The van der Waals surface area contributed by atoms with Gasteiger partial charge < -0.3 is 50.3 Å². The first-order chi connectivity index (χ1) is 33.2. The first kappa shape index (κ1) is 54.0. The molecule has 5 fully saturated rings. The number of benzene rings is 1. The Morgan fingerprint density at radius 1 is 0.873 bits per heavy atom. The molecular weight excluding hydrogens is 929 g/mol. The van der Waals surface area contributed by atoms with Crippen molar-refractivity contribution < 1.29 is 69.0 Å². The minimum atomic E-state index is -1.69. The molecule has 396 valence electrons. The third-order valence-corrected chi connectivity index (χ3v) is 18.6. The Morgan fingerprint density at radius 2 is 1.56 bits per heavy atom. The average molecular weight is 1000 g/mol. The van der Waals surface area contributed by atoms with Crippen LogP contribution >= 0.6 is 0 Å². The van der Waals surface area contributed by atoms with Gasteiger partial charge in [-0.25, -0.2) is 0 Å². The van der Waals surface area contributed by atoms with Crippen LogP contribution in [0.2, 0.25) is 0 Å². The van der Waals surface area contributed by atoms with E-state index in [0.717, 1.165) is 56.0 Å². The van der Waals surface area contributed by atoms with Crippen LogP contribution in [0.4, 0.5) is 17.1 Å². The normalized spacial score (nSPS) is 37.1. The molecule has 0 bridgehead atoms. The molecule has 0 radical (unpaired) electrons. The number of nitro benzene ring substituents is 2. The van der Waals surface area contributed by atoms with Crippen molar-refractivity contribution in [3.05, 3.63) is 49.2 Å². The maximum atomic E-state index is 14.6.